The van der Waals surface area contributed by atoms with E-state index >= 15 is 0 Å². The monoisotopic (exact) mass is 377 g/mol. The third kappa shape index (κ3) is 3.57. The van der Waals surface area contributed by atoms with Crippen LogP contribution in [0.15, 0.2) is 48.5 Å². The lowest BCUT2D eigenvalue weighted by atomic mass is 9.99. The van der Waals surface area contributed by atoms with E-state index in [1.54, 1.807) is 12.1 Å². The summed E-state index contributed by atoms with van der Waals surface area (Å²) in [6.07, 6.45) is 0.381. The van der Waals surface area contributed by atoms with Crippen LogP contribution in [0.1, 0.15) is 16.8 Å². The zero-order valence-corrected chi connectivity index (χ0v) is 16.3. The summed E-state index contributed by atoms with van der Waals surface area (Å²) < 4.78 is 13.1. The van der Waals surface area contributed by atoms with Gasteiger partial charge in [-0.05, 0) is 55.3 Å². The van der Waals surface area contributed by atoms with E-state index in [0.717, 1.165) is 46.5 Å². The van der Waals surface area contributed by atoms with E-state index in [2.05, 4.69) is 22.9 Å². The van der Waals surface area contributed by atoms with Crippen molar-refractivity contribution >= 4 is 22.5 Å². The predicted molar refractivity (Wildman–Crippen MR) is 110 cm³/mol. The molecule has 1 fully saturated rings. The number of piperazine rings is 1. The molecule has 1 aromatic heterocycles. The Morgan fingerprint density at radius 3 is 2.39 bits per heavy atom. The van der Waals surface area contributed by atoms with Crippen LogP contribution in [0.3, 0.4) is 0 Å². The molecule has 2 aromatic carbocycles. The first-order valence-electron chi connectivity index (χ1n) is 9.66. The van der Waals surface area contributed by atoms with Gasteiger partial charge in [0.2, 0.25) is 5.91 Å². The number of amides is 1. The highest BCUT2D eigenvalue weighted by molar-refractivity contribution is 5.86. The minimum atomic E-state index is -0.229. The number of benzene rings is 2. The highest BCUT2D eigenvalue weighted by Gasteiger charge is 2.23. The van der Waals surface area contributed by atoms with Crippen LogP contribution in [-0.4, -0.2) is 42.0 Å². The summed E-state index contributed by atoms with van der Waals surface area (Å²) in [6.45, 7) is 6.92. The number of anilines is 1. The maximum Gasteiger partial charge on any atom is 0.227 e. The van der Waals surface area contributed by atoms with E-state index in [0.29, 0.717) is 19.5 Å². The van der Waals surface area contributed by atoms with Gasteiger partial charge in [-0.15, -0.1) is 0 Å². The average molecular weight is 377 g/mol. The summed E-state index contributed by atoms with van der Waals surface area (Å²) in [7, 11) is 0. The van der Waals surface area contributed by atoms with E-state index in [1.807, 2.05) is 30.0 Å². The van der Waals surface area contributed by atoms with Crippen molar-refractivity contribution in [2.24, 2.45) is 0 Å². The van der Waals surface area contributed by atoms with E-state index in [-0.39, 0.29) is 11.7 Å². The molecule has 0 radical (unpaired) electrons. The Kier molecular flexibility index (Phi) is 4.99. The van der Waals surface area contributed by atoms with Crippen molar-refractivity contribution in [1.82, 2.24) is 9.88 Å². The number of fused-ring (bicyclic) bond motifs is 1. The number of hydrogen-bond acceptors (Lipinski definition) is 3. The molecule has 0 N–H and O–H groups in total. The zero-order chi connectivity index (χ0) is 19.7. The number of carbonyl (C=O) groups is 1. The molecule has 5 heteroatoms. The molecule has 4 nitrogen and oxygen atoms in total. The zero-order valence-electron chi connectivity index (χ0n) is 16.3. The normalized spacial score (nSPS) is 14.5. The molecule has 4 rings (SSSR count). The largest absolute Gasteiger partial charge is 0.368 e. The van der Waals surface area contributed by atoms with Gasteiger partial charge in [0.15, 0.2) is 0 Å². The molecule has 0 bridgehead atoms. The molecule has 1 aliphatic heterocycles. The second-order valence-electron chi connectivity index (χ2n) is 7.34. The number of hydrogen-bond donors (Lipinski definition) is 0. The lowest BCUT2D eigenvalue weighted by molar-refractivity contribution is -0.130. The molecule has 1 amide bonds. The second-order valence-corrected chi connectivity index (χ2v) is 7.34. The van der Waals surface area contributed by atoms with Crippen LogP contribution in [0.2, 0.25) is 0 Å². The van der Waals surface area contributed by atoms with Gasteiger partial charge in [0.1, 0.15) is 5.82 Å². The van der Waals surface area contributed by atoms with Gasteiger partial charge in [0.05, 0.1) is 11.9 Å². The predicted octanol–water partition coefficient (Wildman–Crippen LogP) is 3.88. The third-order valence-electron chi connectivity index (χ3n) is 5.64. The molecule has 144 valence electrons. The molecule has 0 saturated carbocycles. The minimum Gasteiger partial charge on any atom is -0.368 e. The molecule has 0 aliphatic carbocycles. The van der Waals surface area contributed by atoms with E-state index in [4.69, 9.17) is 0 Å². The van der Waals surface area contributed by atoms with Gasteiger partial charge in [0.25, 0.3) is 0 Å². The average Bonchev–Trinajstić information content (AvgIpc) is 2.72. The number of pyridine rings is 1. The lowest BCUT2D eigenvalue weighted by Crippen LogP contribution is -2.49. The summed E-state index contributed by atoms with van der Waals surface area (Å²) in [4.78, 5) is 21.7. The van der Waals surface area contributed by atoms with Crippen molar-refractivity contribution in [2.45, 2.75) is 20.3 Å². The maximum absolute atomic E-state index is 13.1. The van der Waals surface area contributed by atoms with Crippen molar-refractivity contribution in [3.8, 4) is 0 Å². The minimum absolute atomic E-state index is 0.141. The Hall–Kier alpha value is -2.95. The van der Waals surface area contributed by atoms with Crippen molar-refractivity contribution in [3.05, 3.63) is 71.2 Å². The maximum atomic E-state index is 13.1. The number of aryl methyl sites for hydroxylation is 2. The van der Waals surface area contributed by atoms with E-state index < -0.39 is 0 Å². The first kappa shape index (κ1) is 18.4. The number of rotatable bonds is 3. The molecular formula is C23H24FN3O. The van der Waals surface area contributed by atoms with Gasteiger partial charge < -0.3 is 9.80 Å². The van der Waals surface area contributed by atoms with Crippen LogP contribution in [-0.2, 0) is 11.2 Å². The number of para-hydroxylation sites is 1. The fourth-order valence-corrected chi connectivity index (χ4v) is 3.96. The van der Waals surface area contributed by atoms with Crippen LogP contribution in [0, 0.1) is 19.7 Å². The van der Waals surface area contributed by atoms with E-state index in [9.17, 15) is 9.18 Å². The Labute approximate surface area is 164 Å². The Balaban J connectivity index is 1.45. The molecule has 0 atom stereocenters. The molecule has 2 heterocycles. The molecular weight excluding hydrogens is 353 g/mol. The smallest absolute Gasteiger partial charge is 0.227 e. The molecule has 0 unspecified atom stereocenters. The summed E-state index contributed by atoms with van der Waals surface area (Å²) in [5, 5.41) is 1.11. The van der Waals surface area contributed by atoms with Gasteiger partial charge in [-0.1, -0.05) is 18.2 Å². The van der Waals surface area contributed by atoms with Gasteiger partial charge in [-0.25, -0.2) is 4.39 Å². The van der Waals surface area contributed by atoms with Crippen LogP contribution in [0.5, 0.6) is 0 Å². The first-order chi connectivity index (χ1) is 13.5. The van der Waals surface area contributed by atoms with Crippen LogP contribution >= 0.6 is 0 Å². The fourth-order valence-electron chi connectivity index (χ4n) is 3.96. The van der Waals surface area contributed by atoms with Crippen molar-refractivity contribution in [3.63, 3.8) is 0 Å². The quantitative estimate of drug-likeness (QED) is 0.695. The Bertz CT molecular complexity index is 1010. The Morgan fingerprint density at radius 2 is 1.68 bits per heavy atom. The lowest BCUT2D eigenvalue weighted by Gasteiger charge is -2.36. The standard InChI is InChI=1S/C23H24FN3O/c1-16-20-5-3-4-6-22(20)25-17(2)21(16)15-23(28)27-13-11-26(12-14-27)19-9-7-18(24)8-10-19/h3-10H,11-15H2,1-2H3. The summed E-state index contributed by atoms with van der Waals surface area (Å²) in [5.74, 6) is -0.0886. The Morgan fingerprint density at radius 1 is 1.00 bits per heavy atom. The van der Waals surface area contributed by atoms with Crippen LogP contribution in [0.4, 0.5) is 10.1 Å². The SMILES string of the molecule is Cc1nc2ccccc2c(C)c1CC(=O)N1CCN(c2ccc(F)cc2)CC1. The first-order valence-corrected chi connectivity index (χ1v) is 9.66. The van der Waals surface area contributed by atoms with E-state index in [1.165, 1.54) is 12.1 Å². The number of halogens is 1. The van der Waals surface area contributed by atoms with Crippen LogP contribution < -0.4 is 4.90 Å². The fraction of sp³-hybridized carbons (Fsp3) is 0.304. The number of aromatic nitrogens is 1. The summed E-state index contributed by atoms with van der Waals surface area (Å²) >= 11 is 0. The van der Waals surface area contributed by atoms with Crippen molar-refractivity contribution in [1.29, 1.82) is 0 Å². The molecule has 28 heavy (non-hydrogen) atoms. The number of nitrogens with zero attached hydrogens (tertiary/aromatic N) is 3. The van der Waals surface area contributed by atoms with Gasteiger partial charge in [0, 0.05) is 42.9 Å². The van der Waals surface area contributed by atoms with Crippen LogP contribution in [0.25, 0.3) is 10.9 Å². The van der Waals surface area contributed by atoms with Crippen molar-refractivity contribution < 1.29 is 9.18 Å². The molecule has 1 saturated heterocycles. The summed E-state index contributed by atoms with van der Waals surface area (Å²) in [5.41, 5.74) is 5.07. The third-order valence-corrected chi connectivity index (χ3v) is 5.64. The topological polar surface area (TPSA) is 36.4 Å². The summed E-state index contributed by atoms with van der Waals surface area (Å²) in [6, 6.07) is 14.6. The molecule has 3 aromatic rings. The molecule has 0 spiro atoms. The highest BCUT2D eigenvalue weighted by Crippen LogP contribution is 2.24. The van der Waals surface area contributed by atoms with Gasteiger partial charge >= 0.3 is 0 Å². The number of carbonyl (C=O) groups excluding carboxylic acids is 1. The molecule has 1 aliphatic rings. The van der Waals surface area contributed by atoms with Crippen molar-refractivity contribution in [2.75, 3.05) is 31.1 Å². The van der Waals surface area contributed by atoms with Gasteiger partial charge in [-0.3, -0.25) is 9.78 Å². The second kappa shape index (κ2) is 7.58. The van der Waals surface area contributed by atoms with Gasteiger partial charge in [-0.2, -0.15) is 0 Å². The highest BCUT2D eigenvalue weighted by atomic mass is 19.1.